The Morgan fingerprint density at radius 3 is 2.85 bits per heavy atom. The number of hydrogen-bond donors (Lipinski definition) is 1. The van der Waals surface area contributed by atoms with Gasteiger partial charge in [-0.2, -0.15) is 4.98 Å². The van der Waals surface area contributed by atoms with E-state index < -0.39 is 4.92 Å². The van der Waals surface area contributed by atoms with Crippen LogP contribution in [0.1, 0.15) is 6.42 Å². The Morgan fingerprint density at radius 2 is 2.04 bits per heavy atom. The minimum atomic E-state index is -0.563. The van der Waals surface area contributed by atoms with Gasteiger partial charge in [-0.3, -0.25) is 15.1 Å². The van der Waals surface area contributed by atoms with Gasteiger partial charge in [0, 0.05) is 31.8 Å². The van der Waals surface area contributed by atoms with Crippen LogP contribution in [0.4, 0.5) is 11.5 Å². The van der Waals surface area contributed by atoms with Crippen LogP contribution in [0.15, 0.2) is 42.9 Å². The highest BCUT2D eigenvalue weighted by Crippen LogP contribution is 2.35. The minimum Gasteiger partial charge on any atom is -0.431 e. The van der Waals surface area contributed by atoms with Gasteiger partial charge < -0.3 is 14.8 Å². The lowest BCUT2D eigenvalue weighted by Crippen LogP contribution is -2.09. The molecule has 0 amide bonds. The lowest BCUT2D eigenvalue weighted by Gasteiger charge is -2.10. The summed E-state index contributed by atoms with van der Waals surface area (Å²) in [6.45, 7) is 1.01. The molecule has 9 heteroatoms. The fourth-order valence-corrected chi connectivity index (χ4v) is 2.42. The summed E-state index contributed by atoms with van der Waals surface area (Å²) in [6, 6.07) is 9.04. The van der Waals surface area contributed by atoms with Crippen molar-refractivity contribution in [3.8, 4) is 11.6 Å². The Labute approximate surface area is 149 Å². The summed E-state index contributed by atoms with van der Waals surface area (Å²) in [6.07, 6.45) is 3.53. The molecule has 0 aliphatic heterocycles. The number of ether oxygens (including phenoxy) is 2. The number of methoxy groups -OCH3 is 1. The Kier molecular flexibility index (Phi) is 5.49. The average Bonchev–Trinajstić information content (AvgIpc) is 2.65. The zero-order valence-electron chi connectivity index (χ0n) is 14.1. The maximum atomic E-state index is 11.6. The van der Waals surface area contributed by atoms with Crippen LogP contribution < -0.4 is 10.1 Å². The molecule has 0 spiro atoms. The van der Waals surface area contributed by atoms with Gasteiger partial charge in [0.05, 0.1) is 4.92 Å². The molecule has 26 heavy (non-hydrogen) atoms. The predicted octanol–water partition coefficient (Wildman–Crippen LogP) is 3.17. The summed E-state index contributed by atoms with van der Waals surface area (Å²) in [5, 5.41) is 15.3. The quantitative estimate of drug-likeness (QED) is 0.372. The molecular formula is C17H17N5O4. The summed E-state index contributed by atoms with van der Waals surface area (Å²) in [4.78, 5) is 23.2. The standard InChI is InChI=1S/C17H17N5O4/c1-25-10-4-9-19-16-15(22(23)24)17(21-11-20-16)26-13-7-2-5-12-6-3-8-18-14(12)13/h2-3,5-8,11H,4,9-10H2,1H3,(H,19,20,21). The van der Waals surface area contributed by atoms with Gasteiger partial charge in [-0.15, -0.1) is 0 Å². The Balaban J connectivity index is 1.93. The first-order valence-electron chi connectivity index (χ1n) is 7.94. The van der Waals surface area contributed by atoms with Crippen LogP contribution >= 0.6 is 0 Å². The number of rotatable bonds is 8. The highest BCUT2D eigenvalue weighted by atomic mass is 16.6. The molecule has 0 saturated heterocycles. The number of nitrogens with zero attached hydrogens (tertiary/aromatic N) is 4. The van der Waals surface area contributed by atoms with Crippen molar-refractivity contribution in [2.75, 3.05) is 25.6 Å². The van der Waals surface area contributed by atoms with Crippen molar-refractivity contribution in [1.82, 2.24) is 15.0 Å². The molecule has 0 aliphatic carbocycles. The van der Waals surface area contributed by atoms with Gasteiger partial charge in [0.1, 0.15) is 11.8 Å². The number of aromatic nitrogens is 3. The molecule has 1 N–H and O–H groups in total. The van der Waals surface area contributed by atoms with Crippen molar-refractivity contribution in [1.29, 1.82) is 0 Å². The van der Waals surface area contributed by atoms with Crippen LogP contribution in [0.2, 0.25) is 0 Å². The van der Waals surface area contributed by atoms with E-state index in [-0.39, 0.29) is 17.4 Å². The third kappa shape index (κ3) is 3.83. The molecule has 0 radical (unpaired) electrons. The molecule has 0 bridgehead atoms. The van der Waals surface area contributed by atoms with E-state index >= 15 is 0 Å². The Bertz CT molecular complexity index is 913. The van der Waals surface area contributed by atoms with Crippen LogP contribution in [0.25, 0.3) is 10.9 Å². The number of nitro groups is 1. The zero-order chi connectivity index (χ0) is 18.4. The number of para-hydroxylation sites is 1. The summed E-state index contributed by atoms with van der Waals surface area (Å²) in [5.41, 5.74) is 0.273. The number of anilines is 1. The van der Waals surface area contributed by atoms with Crippen LogP contribution in [0.5, 0.6) is 11.6 Å². The fraction of sp³-hybridized carbons (Fsp3) is 0.235. The summed E-state index contributed by atoms with van der Waals surface area (Å²) in [5.74, 6) is 0.344. The Hall–Kier alpha value is -3.33. The van der Waals surface area contributed by atoms with E-state index in [0.717, 1.165) is 5.39 Å². The normalized spacial score (nSPS) is 10.7. The minimum absolute atomic E-state index is 0.101. The molecule has 3 aromatic rings. The van der Waals surface area contributed by atoms with Crippen molar-refractivity contribution in [2.24, 2.45) is 0 Å². The Morgan fingerprint density at radius 1 is 1.19 bits per heavy atom. The molecule has 2 heterocycles. The molecule has 0 aliphatic rings. The number of fused-ring (bicyclic) bond motifs is 1. The van der Waals surface area contributed by atoms with Gasteiger partial charge in [-0.25, -0.2) is 4.98 Å². The highest BCUT2D eigenvalue weighted by Gasteiger charge is 2.25. The number of pyridine rings is 1. The van der Waals surface area contributed by atoms with E-state index in [9.17, 15) is 10.1 Å². The van der Waals surface area contributed by atoms with Gasteiger partial charge in [0.2, 0.25) is 5.82 Å². The third-order valence-electron chi connectivity index (χ3n) is 3.59. The first-order valence-corrected chi connectivity index (χ1v) is 7.94. The van der Waals surface area contributed by atoms with Gasteiger partial charge >= 0.3 is 11.6 Å². The number of nitrogens with one attached hydrogen (secondary N) is 1. The summed E-state index contributed by atoms with van der Waals surface area (Å²) >= 11 is 0. The fourth-order valence-electron chi connectivity index (χ4n) is 2.42. The van der Waals surface area contributed by atoms with Crippen molar-refractivity contribution < 1.29 is 14.4 Å². The largest absolute Gasteiger partial charge is 0.431 e. The topological polar surface area (TPSA) is 112 Å². The van der Waals surface area contributed by atoms with Crippen molar-refractivity contribution in [2.45, 2.75) is 6.42 Å². The SMILES string of the molecule is COCCCNc1ncnc(Oc2cccc3cccnc23)c1[N+](=O)[O-]. The molecule has 134 valence electrons. The van der Waals surface area contributed by atoms with E-state index in [2.05, 4.69) is 20.3 Å². The maximum absolute atomic E-state index is 11.6. The lowest BCUT2D eigenvalue weighted by atomic mass is 10.2. The smallest absolute Gasteiger partial charge is 0.373 e. The molecule has 3 rings (SSSR count). The first kappa shape index (κ1) is 17.5. The molecule has 0 fully saturated rings. The second-order valence-electron chi connectivity index (χ2n) is 5.34. The van der Waals surface area contributed by atoms with Crippen molar-refractivity contribution in [3.05, 3.63) is 53.0 Å². The van der Waals surface area contributed by atoms with Crippen LogP contribution in [-0.2, 0) is 4.74 Å². The van der Waals surface area contributed by atoms with Gasteiger partial charge in [0.15, 0.2) is 5.75 Å². The van der Waals surface area contributed by atoms with Crippen molar-refractivity contribution >= 4 is 22.4 Å². The van der Waals surface area contributed by atoms with Gasteiger partial charge in [-0.05, 0) is 18.6 Å². The molecule has 0 saturated carbocycles. The molecule has 9 nitrogen and oxygen atoms in total. The highest BCUT2D eigenvalue weighted by molar-refractivity contribution is 5.84. The van der Waals surface area contributed by atoms with Gasteiger partial charge in [0.25, 0.3) is 0 Å². The van der Waals surface area contributed by atoms with Crippen LogP contribution in [0, 0.1) is 10.1 Å². The molecule has 1 aromatic carbocycles. The molecule has 0 unspecified atom stereocenters. The molecule has 0 atom stereocenters. The number of benzene rings is 1. The predicted molar refractivity (Wildman–Crippen MR) is 95.5 cm³/mol. The third-order valence-corrected chi connectivity index (χ3v) is 3.59. The van der Waals surface area contributed by atoms with E-state index in [1.165, 1.54) is 6.33 Å². The summed E-state index contributed by atoms with van der Waals surface area (Å²) < 4.78 is 10.7. The number of hydrogen-bond acceptors (Lipinski definition) is 8. The zero-order valence-corrected chi connectivity index (χ0v) is 14.1. The summed E-state index contributed by atoms with van der Waals surface area (Å²) in [7, 11) is 1.59. The monoisotopic (exact) mass is 355 g/mol. The van der Waals surface area contributed by atoms with Crippen LogP contribution in [-0.4, -0.2) is 40.1 Å². The van der Waals surface area contributed by atoms with E-state index in [4.69, 9.17) is 9.47 Å². The lowest BCUT2D eigenvalue weighted by molar-refractivity contribution is -0.385. The van der Waals surface area contributed by atoms with E-state index in [1.54, 1.807) is 31.5 Å². The van der Waals surface area contributed by atoms with Crippen LogP contribution in [0.3, 0.4) is 0 Å². The average molecular weight is 355 g/mol. The maximum Gasteiger partial charge on any atom is 0.373 e. The molecular weight excluding hydrogens is 338 g/mol. The van der Waals surface area contributed by atoms with Gasteiger partial charge in [-0.1, -0.05) is 18.2 Å². The second kappa shape index (κ2) is 8.17. The van der Waals surface area contributed by atoms with E-state index in [1.807, 2.05) is 12.1 Å². The molecule has 2 aromatic heterocycles. The first-order chi connectivity index (χ1) is 12.7. The van der Waals surface area contributed by atoms with E-state index in [0.29, 0.717) is 30.8 Å². The van der Waals surface area contributed by atoms with Crippen molar-refractivity contribution in [3.63, 3.8) is 0 Å². The second-order valence-corrected chi connectivity index (χ2v) is 5.34.